The second-order valence-corrected chi connectivity index (χ2v) is 3.77. The van der Waals surface area contributed by atoms with Crippen LogP contribution in [0, 0.1) is 11.3 Å². The van der Waals surface area contributed by atoms with Crippen LogP contribution in [0.5, 0.6) is 5.75 Å². The molecule has 82 valence electrons. The van der Waals surface area contributed by atoms with Crippen LogP contribution >= 0.6 is 0 Å². The fraction of sp³-hybridized carbons (Fsp3) is 0.333. The number of benzene rings is 1. The first-order chi connectivity index (χ1) is 7.78. The fourth-order valence-electron chi connectivity index (χ4n) is 1.27. The van der Waals surface area contributed by atoms with Gasteiger partial charge in [-0.05, 0) is 37.1 Å². The smallest absolute Gasteiger partial charge is 0.258 e. The Kier molecular flexibility index (Phi) is 3.06. The molecule has 0 heterocycles. The van der Waals surface area contributed by atoms with Crippen molar-refractivity contribution in [3.05, 3.63) is 29.8 Å². The minimum absolute atomic E-state index is 0.0302. The molecule has 0 spiro atoms. The zero-order valence-corrected chi connectivity index (χ0v) is 8.77. The Labute approximate surface area is 93.8 Å². The molecule has 1 aliphatic carbocycles. The summed E-state index contributed by atoms with van der Waals surface area (Å²) in [5.41, 5.74) is 0.579. The quantitative estimate of drug-likeness (QED) is 0.823. The van der Waals surface area contributed by atoms with Crippen molar-refractivity contribution in [2.24, 2.45) is 0 Å². The van der Waals surface area contributed by atoms with E-state index in [2.05, 4.69) is 5.32 Å². The van der Waals surface area contributed by atoms with Gasteiger partial charge >= 0.3 is 0 Å². The van der Waals surface area contributed by atoms with Gasteiger partial charge in [-0.15, -0.1) is 0 Å². The highest BCUT2D eigenvalue weighted by Crippen LogP contribution is 2.18. The average Bonchev–Trinajstić information content (AvgIpc) is 3.11. The molecule has 1 aliphatic rings. The first-order valence-electron chi connectivity index (χ1n) is 5.20. The molecule has 1 N–H and O–H groups in total. The molecule has 1 fully saturated rings. The zero-order chi connectivity index (χ0) is 11.4. The SMILES string of the molecule is N#Cc1ccc(OCC(=O)NC2CC2)cc1. The molecule has 1 amide bonds. The fourth-order valence-corrected chi connectivity index (χ4v) is 1.27. The molecule has 1 aromatic carbocycles. The molecule has 16 heavy (non-hydrogen) atoms. The van der Waals surface area contributed by atoms with E-state index < -0.39 is 0 Å². The second-order valence-electron chi connectivity index (χ2n) is 3.77. The van der Waals surface area contributed by atoms with Gasteiger partial charge in [0.25, 0.3) is 5.91 Å². The van der Waals surface area contributed by atoms with Crippen molar-refractivity contribution in [2.75, 3.05) is 6.61 Å². The maximum Gasteiger partial charge on any atom is 0.258 e. The van der Waals surface area contributed by atoms with Gasteiger partial charge in [-0.25, -0.2) is 0 Å². The van der Waals surface area contributed by atoms with E-state index in [0.29, 0.717) is 17.4 Å². The molecule has 0 bridgehead atoms. The predicted octanol–water partition coefficient (Wildman–Crippen LogP) is 1.22. The van der Waals surface area contributed by atoms with Crippen LogP contribution in [0.15, 0.2) is 24.3 Å². The molecule has 2 rings (SSSR count). The zero-order valence-electron chi connectivity index (χ0n) is 8.77. The van der Waals surface area contributed by atoms with Gasteiger partial charge in [-0.1, -0.05) is 0 Å². The van der Waals surface area contributed by atoms with Gasteiger partial charge in [0.15, 0.2) is 6.61 Å². The van der Waals surface area contributed by atoms with E-state index in [1.54, 1.807) is 24.3 Å². The van der Waals surface area contributed by atoms with Gasteiger partial charge in [0.2, 0.25) is 0 Å². The van der Waals surface area contributed by atoms with Crippen LogP contribution in [0.1, 0.15) is 18.4 Å². The van der Waals surface area contributed by atoms with Crippen LogP contribution in [0.4, 0.5) is 0 Å². The number of rotatable bonds is 4. The monoisotopic (exact) mass is 216 g/mol. The van der Waals surface area contributed by atoms with E-state index in [9.17, 15) is 4.79 Å². The van der Waals surface area contributed by atoms with Crippen molar-refractivity contribution in [3.8, 4) is 11.8 Å². The molecule has 1 aromatic rings. The molecule has 1 saturated carbocycles. The third kappa shape index (κ3) is 2.99. The topological polar surface area (TPSA) is 62.1 Å². The van der Waals surface area contributed by atoms with Crippen LogP contribution in [0.2, 0.25) is 0 Å². The van der Waals surface area contributed by atoms with Crippen LogP contribution in [0.25, 0.3) is 0 Å². The van der Waals surface area contributed by atoms with E-state index >= 15 is 0 Å². The molecule has 0 unspecified atom stereocenters. The Balaban J connectivity index is 1.79. The molecule has 0 radical (unpaired) electrons. The number of hydrogen-bond acceptors (Lipinski definition) is 3. The number of hydrogen-bond donors (Lipinski definition) is 1. The predicted molar refractivity (Wildman–Crippen MR) is 57.8 cm³/mol. The highest BCUT2D eigenvalue weighted by Gasteiger charge is 2.23. The summed E-state index contributed by atoms with van der Waals surface area (Å²) >= 11 is 0. The lowest BCUT2D eigenvalue weighted by Gasteiger charge is -2.06. The minimum atomic E-state index is -0.0909. The van der Waals surface area contributed by atoms with Crippen molar-refractivity contribution in [2.45, 2.75) is 18.9 Å². The largest absolute Gasteiger partial charge is 0.484 e. The summed E-state index contributed by atoms with van der Waals surface area (Å²) in [6, 6.07) is 9.07. The standard InChI is InChI=1S/C12H12N2O2/c13-7-9-1-5-11(6-2-9)16-8-12(15)14-10-3-4-10/h1-2,5-6,10H,3-4,8H2,(H,14,15). The van der Waals surface area contributed by atoms with Crippen molar-refractivity contribution in [3.63, 3.8) is 0 Å². The Morgan fingerprint density at radius 3 is 2.69 bits per heavy atom. The summed E-state index contributed by atoms with van der Waals surface area (Å²) in [5, 5.41) is 11.4. The van der Waals surface area contributed by atoms with Gasteiger partial charge in [-0.2, -0.15) is 5.26 Å². The summed E-state index contributed by atoms with van der Waals surface area (Å²) in [6.07, 6.45) is 2.14. The summed E-state index contributed by atoms with van der Waals surface area (Å²) in [6.45, 7) is 0.0302. The Morgan fingerprint density at radius 2 is 2.12 bits per heavy atom. The Morgan fingerprint density at radius 1 is 1.44 bits per heavy atom. The van der Waals surface area contributed by atoms with E-state index in [4.69, 9.17) is 10.00 Å². The molecule has 0 atom stereocenters. The third-order valence-electron chi connectivity index (χ3n) is 2.30. The van der Waals surface area contributed by atoms with Crippen molar-refractivity contribution >= 4 is 5.91 Å². The van der Waals surface area contributed by atoms with Gasteiger partial charge in [0.1, 0.15) is 5.75 Å². The number of ether oxygens (including phenoxy) is 1. The number of carbonyl (C=O) groups excluding carboxylic acids is 1. The van der Waals surface area contributed by atoms with E-state index in [1.807, 2.05) is 6.07 Å². The van der Waals surface area contributed by atoms with Crippen molar-refractivity contribution in [1.29, 1.82) is 5.26 Å². The minimum Gasteiger partial charge on any atom is -0.484 e. The third-order valence-corrected chi connectivity index (χ3v) is 2.30. The van der Waals surface area contributed by atoms with E-state index in [0.717, 1.165) is 12.8 Å². The number of nitrogens with zero attached hydrogens (tertiary/aromatic N) is 1. The van der Waals surface area contributed by atoms with Crippen LogP contribution in [0.3, 0.4) is 0 Å². The molecule has 4 heteroatoms. The summed E-state index contributed by atoms with van der Waals surface area (Å²) < 4.78 is 5.27. The summed E-state index contributed by atoms with van der Waals surface area (Å²) in [7, 11) is 0. The maximum absolute atomic E-state index is 11.3. The first kappa shape index (κ1) is 10.5. The molecular weight excluding hydrogens is 204 g/mol. The van der Waals surface area contributed by atoms with Gasteiger partial charge in [0, 0.05) is 6.04 Å². The van der Waals surface area contributed by atoms with Crippen molar-refractivity contribution < 1.29 is 9.53 Å². The number of amides is 1. The number of nitrogens with one attached hydrogen (secondary N) is 1. The average molecular weight is 216 g/mol. The summed E-state index contributed by atoms with van der Waals surface area (Å²) in [4.78, 5) is 11.3. The number of carbonyl (C=O) groups is 1. The Bertz CT molecular complexity index is 416. The molecular formula is C12H12N2O2. The molecule has 0 saturated heterocycles. The van der Waals surface area contributed by atoms with Crippen molar-refractivity contribution in [1.82, 2.24) is 5.32 Å². The highest BCUT2D eigenvalue weighted by atomic mass is 16.5. The van der Waals surface area contributed by atoms with E-state index in [-0.39, 0.29) is 12.5 Å². The Hall–Kier alpha value is -2.02. The van der Waals surface area contributed by atoms with Gasteiger partial charge in [0.05, 0.1) is 11.6 Å². The van der Waals surface area contributed by atoms with Crippen LogP contribution < -0.4 is 10.1 Å². The normalized spacial score (nSPS) is 13.9. The highest BCUT2D eigenvalue weighted by molar-refractivity contribution is 5.78. The lowest BCUT2D eigenvalue weighted by molar-refractivity contribution is -0.123. The number of nitriles is 1. The van der Waals surface area contributed by atoms with Gasteiger partial charge < -0.3 is 10.1 Å². The molecule has 0 aliphatic heterocycles. The van der Waals surface area contributed by atoms with Gasteiger partial charge in [-0.3, -0.25) is 4.79 Å². The van der Waals surface area contributed by atoms with E-state index in [1.165, 1.54) is 0 Å². The summed E-state index contributed by atoms with van der Waals surface area (Å²) in [5.74, 6) is 0.511. The van der Waals surface area contributed by atoms with Crippen LogP contribution in [-0.2, 0) is 4.79 Å². The first-order valence-corrected chi connectivity index (χ1v) is 5.20. The lowest BCUT2D eigenvalue weighted by Crippen LogP contribution is -2.30. The van der Waals surface area contributed by atoms with Crippen LogP contribution in [-0.4, -0.2) is 18.6 Å². The second kappa shape index (κ2) is 4.67. The molecule has 0 aromatic heterocycles. The lowest BCUT2D eigenvalue weighted by atomic mass is 10.2. The maximum atomic E-state index is 11.3. The molecule has 4 nitrogen and oxygen atoms in total.